The van der Waals surface area contributed by atoms with Gasteiger partial charge in [0.05, 0.1) is 11.4 Å². The zero-order chi connectivity index (χ0) is 13.1. The zero-order valence-corrected chi connectivity index (χ0v) is 12.9. The first-order chi connectivity index (χ1) is 8.69. The molecule has 0 saturated carbocycles. The molecule has 2 nitrogen and oxygen atoms in total. The van der Waals surface area contributed by atoms with Gasteiger partial charge >= 0.3 is 0 Å². The summed E-state index contributed by atoms with van der Waals surface area (Å²) >= 11 is 9.41. The van der Waals surface area contributed by atoms with Crippen molar-refractivity contribution in [1.82, 2.24) is 9.78 Å². The lowest BCUT2D eigenvalue weighted by molar-refractivity contribution is 0.793. The van der Waals surface area contributed by atoms with Crippen molar-refractivity contribution < 1.29 is 0 Å². The zero-order valence-electron chi connectivity index (χ0n) is 10.6. The van der Waals surface area contributed by atoms with E-state index in [1.165, 1.54) is 5.69 Å². The van der Waals surface area contributed by atoms with E-state index in [-0.39, 0.29) is 0 Å². The number of alkyl halides is 1. The van der Waals surface area contributed by atoms with Gasteiger partial charge in [0.25, 0.3) is 0 Å². The molecule has 0 radical (unpaired) electrons. The molecule has 0 N–H and O–H groups in total. The Morgan fingerprint density at radius 3 is 2.56 bits per heavy atom. The quantitative estimate of drug-likeness (QED) is 0.756. The summed E-state index contributed by atoms with van der Waals surface area (Å²) in [5.74, 6) is 0.515. The molecule has 0 bridgehead atoms. The Morgan fingerprint density at radius 1 is 1.22 bits per heavy atom. The molecule has 4 heteroatoms. The Bertz CT molecular complexity index is 549. The summed E-state index contributed by atoms with van der Waals surface area (Å²) in [4.78, 5) is 0. The minimum absolute atomic E-state index is 0.515. The summed E-state index contributed by atoms with van der Waals surface area (Å²) in [5, 5.41) is 4.63. The van der Waals surface area contributed by atoms with Gasteiger partial charge in [0.15, 0.2) is 0 Å². The molecular formula is C14H16BrClN2. The van der Waals surface area contributed by atoms with Crippen LogP contribution in [0.25, 0.3) is 5.69 Å². The second-order valence-electron chi connectivity index (χ2n) is 4.16. The number of rotatable bonds is 4. The minimum atomic E-state index is 0.515. The highest BCUT2D eigenvalue weighted by molar-refractivity contribution is 9.10. The van der Waals surface area contributed by atoms with E-state index in [0.29, 0.717) is 5.88 Å². The molecule has 0 fully saturated rings. The van der Waals surface area contributed by atoms with E-state index in [9.17, 15) is 0 Å². The molecule has 1 aromatic carbocycles. The first-order valence-corrected chi connectivity index (χ1v) is 7.44. The average molecular weight is 328 g/mol. The van der Waals surface area contributed by atoms with Crippen LogP contribution in [0.5, 0.6) is 0 Å². The number of halogens is 2. The van der Waals surface area contributed by atoms with Crippen LogP contribution in [0.2, 0.25) is 0 Å². The number of benzene rings is 1. The molecule has 0 saturated heterocycles. The summed E-state index contributed by atoms with van der Waals surface area (Å²) in [5.41, 5.74) is 4.54. The first kappa shape index (κ1) is 13.6. The molecule has 0 atom stereocenters. The molecule has 0 unspecified atom stereocenters. The van der Waals surface area contributed by atoms with Crippen LogP contribution in [0.4, 0.5) is 0 Å². The lowest BCUT2D eigenvalue weighted by Gasteiger charge is -2.08. The second kappa shape index (κ2) is 5.89. The van der Waals surface area contributed by atoms with Crippen LogP contribution in [0, 0.1) is 0 Å². The van der Waals surface area contributed by atoms with Crippen molar-refractivity contribution in [2.45, 2.75) is 32.6 Å². The predicted octanol–water partition coefficient (Wildman–Crippen LogP) is 4.50. The van der Waals surface area contributed by atoms with Crippen molar-refractivity contribution in [3.05, 3.63) is 45.7 Å². The summed E-state index contributed by atoms with van der Waals surface area (Å²) < 4.78 is 3.05. The van der Waals surface area contributed by atoms with E-state index in [1.54, 1.807) is 0 Å². The highest BCUT2D eigenvalue weighted by atomic mass is 79.9. The first-order valence-electron chi connectivity index (χ1n) is 6.12. The number of hydrogen-bond donors (Lipinski definition) is 0. The van der Waals surface area contributed by atoms with Crippen molar-refractivity contribution in [2.75, 3.05) is 0 Å². The Hall–Kier alpha value is -0.800. The molecule has 0 aliphatic heterocycles. The van der Waals surface area contributed by atoms with Crippen LogP contribution in [0.1, 0.15) is 30.8 Å². The topological polar surface area (TPSA) is 17.8 Å². The SMILES string of the molecule is CCc1cc(CC)n(-c2ccc(CCl)c(Br)c2)n1. The molecule has 18 heavy (non-hydrogen) atoms. The van der Waals surface area contributed by atoms with Gasteiger partial charge in [0, 0.05) is 16.0 Å². The van der Waals surface area contributed by atoms with E-state index < -0.39 is 0 Å². The maximum atomic E-state index is 5.86. The molecule has 2 rings (SSSR count). The van der Waals surface area contributed by atoms with Crippen LogP contribution in [0.3, 0.4) is 0 Å². The number of aryl methyl sites for hydroxylation is 2. The highest BCUT2D eigenvalue weighted by Crippen LogP contribution is 2.23. The maximum Gasteiger partial charge on any atom is 0.0660 e. The molecule has 1 aromatic heterocycles. The van der Waals surface area contributed by atoms with Crippen LogP contribution in [-0.4, -0.2) is 9.78 Å². The van der Waals surface area contributed by atoms with E-state index >= 15 is 0 Å². The van der Waals surface area contributed by atoms with Crippen LogP contribution in [0.15, 0.2) is 28.7 Å². The van der Waals surface area contributed by atoms with Gasteiger partial charge < -0.3 is 0 Å². The lowest BCUT2D eigenvalue weighted by Crippen LogP contribution is -2.02. The van der Waals surface area contributed by atoms with Gasteiger partial charge in [-0.25, -0.2) is 4.68 Å². The normalized spacial score (nSPS) is 10.9. The third-order valence-electron chi connectivity index (χ3n) is 2.98. The highest BCUT2D eigenvalue weighted by Gasteiger charge is 2.08. The maximum absolute atomic E-state index is 5.86. The third kappa shape index (κ3) is 2.62. The van der Waals surface area contributed by atoms with Crippen LogP contribution in [-0.2, 0) is 18.7 Å². The van der Waals surface area contributed by atoms with Crippen molar-refractivity contribution >= 4 is 27.5 Å². The van der Waals surface area contributed by atoms with Gasteiger partial charge in [-0.3, -0.25) is 0 Å². The Morgan fingerprint density at radius 2 is 2.00 bits per heavy atom. The fourth-order valence-electron chi connectivity index (χ4n) is 1.90. The van der Waals surface area contributed by atoms with E-state index in [0.717, 1.165) is 34.3 Å². The number of hydrogen-bond acceptors (Lipinski definition) is 1. The minimum Gasteiger partial charge on any atom is -0.238 e. The van der Waals surface area contributed by atoms with Gasteiger partial charge in [-0.2, -0.15) is 5.10 Å². The Kier molecular flexibility index (Phi) is 4.46. The number of aromatic nitrogens is 2. The molecule has 0 spiro atoms. The summed E-state index contributed by atoms with van der Waals surface area (Å²) in [7, 11) is 0. The molecule has 2 aromatic rings. The summed E-state index contributed by atoms with van der Waals surface area (Å²) in [6, 6.07) is 8.35. The third-order valence-corrected chi connectivity index (χ3v) is 4.01. The Labute approximate surface area is 121 Å². The van der Waals surface area contributed by atoms with Crippen molar-refractivity contribution in [3.8, 4) is 5.69 Å². The Balaban J connectivity index is 2.47. The van der Waals surface area contributed by atoms with Crippen LogP contribution < -0.4 is 0 Å². The summed E-state index contributed by atoms with van der Waals surface area (Å²) in [6.07, 6.45) is 1.93. The lowest BCUT2D eigenvalue weighted by atomic mass is 10.2. The van der Waals surface area contributed by atoms with Gasteiger partial charge in [0.2, 0.25) is 0 Å². The standard InChI is InChI=1S/C14H16BrClN2/c1-3-11-7-12(4-2)18(17-11)13-6-5-10(9-16)14(15)8-13/h5-8H,3-4,9H2,1-2H3. The second-order valence-corrected chi connectivity index (χ2v) is 5.28. The molecule has 0 aliphatic rings. The monoisotopic (exact) mass is 326 g/mol. The van der Waals surface area contributed by atoms with Crippen molar-refractivity contribution in [3.63, 3.8) is 0 Å². The molecule has 0 aliphatic carbocycles. The van der Waals surface area contributed by atoms with Gasteiger partial charge in [-0.1, -0.05) is 35.8 Å². The molecule has 1 heterocycles. The van der Waals surface area contributed by atoms with Gasteiger partial charge in [-0.15, -0.1) is 11.6 Å². The van der Waals surface area contributed by atoms with Gasteiger partial charge in [-0.05, 0) is 36.6 Å². The summed E-state index contributed by atoms with van der Waals surface area (Å²) in [6.45, 7) is 4.27. The van der Waals surface area contributed by atoms with E-state index in [4.69, 9.17) is 11.6 Å². The number of nitrogens with zero attached hydrogens (tertiary/aromatic N) is 2. The van der Waals surface area contributed by atoms with E-state index in [1.807, 2.05) is 10.7 Å². The fourth-order valence-corrected chi connectivity index (χ4v) is 2.80. The van der Waals surface area contributed by atoms with Crippen LogP contribution >= 0.6 is 27.5 Å². The van der Waals surface area contributed by atoms with Gasteiger partial charge in [0.1, 0.15) is 0 Å². The molecular weight excluding hydrogens is 312 g/mol. The van der Waals surface area contributed by atoms with Crippen molar-refractivity contribution in [2.24, 2.45) is 0 Å². The molecule has 0 amide bonds. The van der Waals surface area contributed by atoms with E-state index in [2.05, 4.69) is 53.1 Å². The molecule has 96 valence electrons. The fraction of sp³-hybridized carbons (Fsp3) is 0.357. The smallest absolute Gasteiger partial charge is 0.0660 e. The van der Waals surface area contributed by atoms with Crippen molar-refractivity contribution in [1.29, 1.82) is 0 Å². The largest absolute Gasteiger partial charge is 0.238 e. The predicted molar refractivity (Wildman–Crippen MR) is 79.6 cm³/mol. The average Bonchev–Trinajstić information content (AvgIpc) is 2.82.